The number of carboxylic acid groups (broad SMARTS) is 1. The molecule has 5 N–H and O–H groups in total. The lowest BCUT2D eigenvalue weighted by atomic mass is 9.99. The lowest BCUT2D eigenvalue weighted by molar-refractivity contribution is -0.293. The molecule has 4 rings (SSSR count). The highest BCUT2D eigenvalue weighted by Crippen LogP contribution is 2.24. The van der Waals surface area contributed by atoms with Crippen molar-refractivity contribution in [1.82, 2.24) is 10.3 Å². The number of nitrogens with one attached hydrogen (secondary N) is 1. The summed E-state index contributed by atoms with van der Waals surface area (Å²) in [5, 5.41) is 40.2. The Morgan fingerprint density at radius 1 is 0.974 bits per heavy atom. The fourth-order valence-electron chi connectivity index (χ4n) is 3.97. The fraction of sp³-hybridized carbons (Fsp3) is 0.440. The second-order valence-corrected chi connectivity index (χ2v) is 10.0. The van der Waals surface area contributed by atoms with Crippen molar-refractivity contribution < 1.29 is 49.0 Å². The topological polar surface area (TPSA) is 185 Å². The zero-order valence-corrected chi connectivity index (χ0v) is 21.0. The number of carbonyl (C=O) groups is 3. The number of rotatable bonds is 11. The molecule has 2 aromatic rings. The van der Waals surface area contributed by atoms with E-state index in [9.17, 15) is 29.7 Å². The van der Waals surface area contributed by atoms with Crippen LogP contribution < -0.4 is 10.1 Å². The first-order valence-corrected chi connectivity index (χ1v) is 12.8. The van der Waals surface area contributed by atoms with Gasteiger partial charge >= 0.3 is 5.97 Å². The number of aliphatic carboxylic acids is 1. The molecule has 0 spiro atoms. The standard InChI is InChI=1S/C25H28N2O10S/c28-18-19(29)21(23(32)33)37-24(20(18)30)36-9-7-14-1-4-15(26-12-14)8-10-35-16-5-2-13(3-6-16)11-17-22(31)27-25(34)38-17/h1-6,12,17-21,24,28-30H,7-11H2,(H,32,33)(H,27,31,34)/t17-,18-,19-,20-,21-,24+/m0/s1. The first-order chi connectivity index (χ1) is 18.2. The van der Waals surface area contributed by atoms with Gasteiger partial charge in [-0.25, -0.2) is 4.79 Å². The van der Waals surface area contributed by atoms with E-state index in [1.54, 1.807) is 6.20 Å². The van der Waals surface area contributed by atoms with Crippen molar-refractivity contribution in [3.8, 4) is 5.75 Å². The fourth-order valence-corrected chi connectivity index (χ4v) is 4.83. The van der Waals surface area contributed by atoms with Crippen LogP contribution in [0.3, 0.4) is 0 Å². The van der Waals surface area contributed by atoms with Gasteiger partial charge < -0.3 is 34.6 Å². The monoisotopic (exact) mass is 548 g/mol. The van der Waals surface area contributed by atoms with Gasteiger partial charge in [-0.05, 0) is 42.2 Å². The van der Waals surface area contributed by atoms with E-state index in [2.05, 4.69) is 10.3 Å². The van der Waals surface area contributed by atoms with Gasteiger partial charge in [-0.15, -0.1) is 0 Å². The maximum Gasteiger partial charge on any atom is 0.335 e. The van der Waals surface area contributed by atoms with Crippen molar-refractivity contribution in [3.63, 3.8) is 0 Å². The molecule has 2 aliphatic rings. The van der Waals surface area contributed by atoms with E-state index < -0.39 is 41.9 Å². The van der Waals surface area contributed by atoms with Crippen molar-refractivity contribution >= 4 is 28.9 Å². The van der Waals surface area contributed by atoms with Crippen molar-refractivity contribution in [2.45, 2.75) is 55.2 Å². The lowest BCUT2D eigenvalue weighted by Crippen LogP contribution is -2.60. The number of nitrogens with zero attached hydrogens (tertiary/aromatic N) is 1. The number of ether oxygens (including phenoxy) is 3. The number of hydrogen-bond acceptors (Lipinski definition) is 11. The molecule has 38 heavy (non-hydrogen) atoms. The first-order valence-electron chi connectivity index (χ1n) is 11.9. The summed E-state index contributed by atoms with van der Waals surface area (Å²) in [5.74, 6) is -1.06. The van der Waals surface area contributed by atoms with Crippen molar-refractivity contribution in [2.24, 2.45) is 0 Å². The minimum Gasteiger partial charge on any atom is -0.493 e. The molecule has 0 bridgehead atoms. The molecule has 2 amide bonds. The highest BCUT2D eigenvalue weighted by Gasteiger charge is 2.47. The highest BCUT2D eigenvalue weighted by atomic mass is 32.2. The summed E-state index contributed by atoms with van der Waals surface area (Å²) < 4.78 is 16.3. The van der Waals surface area contributed by atoms with Crippen LogP contribution in [-0.4, -0.2) is 91.7 Å². The third-order valence-electron chi connectivity index (χ3n) is 6.11. The van der Waals surface area contributed by atoms with Gasteiger partial charge in [-0.1, -0.05) is 30.0 Å². The van der Waals surface area contributed by atoms with Gasteiger partial charge in [-0.2, -0.15) is 0 Å². The molecular formula is C25H28N2O10S. The number of aromatic nitrogens is 1. The molecule has 1 aromatic carbocycles. The Morgan fingerprint density at radius 2 is 1.71 bits per heavy atom. The zero-order valence-electron chi connectivity index (χ0n) is 20.1. The summed E-state index contributed by atoms with van der Waals surface area (Å²) in [5.41, 5.74) is 2.58. The Bertz CT molecular complexity index is 1130. The van der Waals surface area contributed by atoms with E-state index in [4.69, 9.17) is 19.3 Å². The molecule has 204 valence electrons. The minimum atomic E-state index is -1.76. The van der Waals surface area contributed by atoms with E-state index in [-0.39, 0.29) is 17.8 Å². The molecule has 0 radical (unpaired) electrons. The molecular weight excluding hydrogens is 520 g/mol. The van der Waals surface area contributed by atoms with Crippen LogP contribution in [0.25, 0.3) is 0 Å². The van der Waals surface area contributed by atoms with Crippen molar-refractivity contribution in [1.29, 1.82) is 0 Å². The smallest absolute Gasteiger partial charge is 0.335 e. The van der Waals surface area contributed by atoms with Crippen LogP contribution in [0.2, 0.25) is 0 Å². The van der Waals surface area contributed by atoms with Gasteiger partial charge in [0.15, 0.2) is 12.4 Å². The summed E-state index contributed by atoms with van der Waals surface area (Å²) in [7, 11) is 0. The van der Waals surface area contributed by atoms with Crippen molar-refractivity contribution in [2.75, 3.05) is 13.2 Å². The van der Waals surface area contributed by atoms with Crippen molar-refractivity contribution in [3.05, 3.63) is 59.4 Å². The predicted octanol–water partition coefficient (Wildman–Crippen LogP) is 0.0485. The van der Waals surface area contributed by atoms with Gasteiger partial charge in [-0.3, -0.25) is 19.9 Å². The van der Waals surface area contributed by atoms with E-state index in [1.807, 2.05) is 36.4 Å². The summed E-state index contributed by atoms with van der Waals surface area (Å²) in [6, 6.07) is 11.1. The number of aliphatic hydroxyl groups excluding tert-OH is 3. The number of imide groups is 1. The van der Waals surface area contributed by atoms with Crippen LogP contribution in [0.15, 0.2) is 42.6 Å². The third-order valence-corrected chi connectivity index (χ3v) is 7.09. The van der Waals surface area contributed by atoms with Gasteiger partial charge in [0.05, 0.1) is 18.5 Å². The van der Waals surface area contributed by atoms with Crippen LogP contribution in [0.1, 0.15) is 16.8 Å². The van der Waals surface area contributed by atoms with Crippen LogP contribution in [-0.2, 0) is 38.3 Å². The molecule has 12 nitrogen and oxygen atoms in total. The normalized spacial score (nSPS) is 27.2. The third kappa shape index (κ3) is 7.07. The SMILES string of the molecule is O=C1NC(=O)[C@H](Cc2ccc(OCCc3ccc(CCO[C@@H]4O[C@H](C(=O)O)[C@@H](O)[C@H](O)[C@@H]4O)cn3)cc2)S1. The first kappa shape index (κ1) is 28.0. The lowest BCUT2D eigenvalue weighted by Gasteiger charge is -2.38. The molecule has 3 heterocycles. The largest absolute Gasteiger partial charge is 0.493 e. The number of carboxylic acids is 1. The summed E-state index contributed by atoms with van der Waals surface area (Å²) >= 11 is 1.000. The quantitative estimate of drug-likeness (QED) is 0.255. The number of aliphatic hydroxyl groups is 3. The molecule has 2 fully saturated rings. The van der Waals surface area contributed by atoms with E-state index in [1.165, 1.54) is 0 Å². The molecule has 0 aliphatic carbocycles. The summed E-state index contributed by atoms with van der Waals surface area (Å²) in [6.07, 6.45) is -5.05. The Hall–Kier alpha value is -3.07. The van der Waals surface area contributed by atoms with Crippen LogP contribution >= 0.6 is 11.8 Å². The van der Waals surface area contributed by atoms with Crippen LogP contribution in [0.4, 0.5) is 4.79 Å². The summed E-state index contributed by atoms with van der Waals surface area (Å²) in [4.78, 5) is 38.5. The Labute approximate surface area is 221 Å². The number of benzene rings is 1. The number of thioether (sulfide) groups is 1. The highest BCUT2D eigenvalue weighted by molar-refractivity contribution is 8.15. The molecule has 13 heteroatoms. The average Bonchev–Trinajstić information content (AvgIpc) is 3.21. The second kappa shape index (κ2) is 12.7. The van der Waals surface area contributed by atoms with Crippen LogP contribution in [0, 0.1) is 0 Å². The maximum absolute atomic E-state index is 11.7. The Morgan fingerprint density at radius 3 is 2.34 bits per heavy atom. The summed E-state index contributed by atoms with van der Waals surface area (Å²) in [6.45, 7) is 0.470. The van der Waals surface area contributed by atoms with Gasteiger partial charge in [0.1, 0.15) is 24.1 Å². The maximum atomic E-state index is 11.7. The zero-order chi connectivity index (χ0) is 27.2. The van der Waals surface area contributed by atoms with E-state index >= 15 is 0 Å². The Kier molecular flexibility index (Phi) is 9.31. The van der Waals surface area contributed by atoms with Gasteiger partial charge in [0.2, 0.25) is 5.91 Å². The molecule has 2 saturated heterocycles. The van der Waals surface area contributed by atoms with E-state index in [0.717, 1.165) is 28.6 Å². The van der Waals surface area contributed by atoms with Gasteiger partial charge in [0, 0.05) is 18.3 Å². The molecule has 6 atom stereocenters. The average molecular weight is 549 g/mol. The van der Waals surface area contributed by atoms with Crippen LogP contribution in [0.5, 0.6) is 5.75 Å². The van der Waals surface area contributed by atoms with Gasteiger partial charge in [0.25, 0.3) is 5.24 Å². The second-order valence-electron chi connectivity index (χ2n) is 8.84. The molecule has 2 aliphatic heterocycles. The molecule has 0 unspecified atom stereocenters. The molecule has 1 aromatic heterocycles. The number of amides is 2. The molecule has 0 saturated carbocycles. The number of pyridine rings is 1. The number of hydrogen-bond donors (Lipinski definition) is 5. The Balaban J connectivity index is 1.17. The number of carbonyl (C=O) groups excluding carboxylic acids is 2. The minimum absolute atomic E-state index is 0.0669. The van der Waals surface area contributed by atoms with E-state index in [0.29, 0.717) is 31.6 Å². The predicted molar refractivity (Wildman–Crippen MR) is 132 cm³/mol.